The van der Waals surface area contributed by atoms with Crippen LogP contribution in [0.4, 0.5) is 5.69 Å². The number of amides is 1. The van der Waals surface area contributed by atoms with Crippen LogP contribution in [0.15, 0.2) is 82.7 Å². The fourth-order valence-electron chi connectivity index (χ4n) is 3.65. The average molecular weight is 444 g/mol. The molecule has 3 aromatic carbocycles. The second-order valence-corrected chi connectivity index (χ2v) is 8.56. The number of thioether (sulfide) groups is 1. The van der Waals surface area contributed by atoms with Crippen LogP contribution in [-0.2, 0) is 11.2 Å². The van der Waals surface area contributed by atoms with E-state index >= 15 is 0 Å². The lowest BCUT2D eigenvalue weighted by Gasteiger charge is -2.14. The van der Waals surface area contributed by atoms with Crippen molar-refractivity contribution in [3.05, 3.63) is 94.3 Å². The topological polar surface area (TPSA) is 64.0 Å². The molecule has 0 spiro atoms. The molecule has 0 atom stereocenters. The van der Waals surface area contributed by atoms with Gasteiger partial charge in [-0.15, -0.1) is 0 Å². The summed E-state index contributed by atoms with van der Waals surface area (Å²) >= 11 is 1.41. The van der Waals surface area contributed by atoms with E-state index in [1.54, 1.807) is 10.6 Å². The van der Waals surface area contributed by atoms with Gasteiger partial charge in [0.1, 0.15) is 0 Å². The smallest absolute Gasteiger partial charge is 0.266 e. The molecule has 4 aromatic rings. The van der Waals surface area contributed by atoms with Crippen LogP contribution in [0.2, 0.25) is 0 Å². The van der Waals surface area contributed by atoms with E-state index in [0.717, 1.165) is 28.9 Å². The molecule has 0 unspecified atom stereocenters. The molecule has 6 heteroatoms. The highest BCUT2D eigenvalue weighted by molar-refractivity contribution is 7.99. The highest BCUT2D eigenvalue weighted by Gasteiger charge is 2.14. The zero-order valence-electron chi connectivity index (χ0n) is 18.2. The Morgan fingerprint density at radius 1 is 1.00 bits per heavy atom. The van der Waals surface area contributed by atoms with Crippen LogP contribution in [0.1, 0.15) is 24.5 Å². The molecule has 0 saturated carbocycles. The molecule has 0 saturated heterocycles. The molecule has 0 radical (unpaired) electrons. The first-order chi connectivity index (χ1) is 15.6. The summed E-state index contributed by atoms with van der Waals surface area (Å²) in [6.45, 7) is 4.08. The molecule has 1 aromatic heterocycles. The van der Waals surface area contributed by atoms with Crippen LogP contribution in [0.25, 0.3) is 16.6 Å². The number of hydrogen-bond donors (Lipinski definition) is 1. The minimum absolute atomic E-state index is 0.0455. The summed E-state index contributed by atoms with van der Waals surface area (Å²) in [7, 11) is 0. The molecule has 0 aliphatic rings. The van der Waals surface area contributed by atoms with E-state index in [0.29, 0.717) is 28.2 Å². The molecule has 32 heavy (non-hydrogen) atoms. The van der Waals surface area contributed by atoms with E-state index in [9.17, 15) is 9.59 Å². The predicted octanol–water partition coefficient (Wildman–Crippen LogP) is 5.38. The standard InChI is InChI=1S/C26H25N3O2S/c1-3-19-11-9-10-18(2)24(19)28-23(30)16-17-32-26-27-22-15-8-7-14-21(22)25(31)29(26)20-12-5-4-6-13-20/h4-15H,3,16-17H2,1-2H3,(H,28,30). The summed E-state index contributed by atoms with van der Waals surface area (Å²) in [6, 6.07) is 22.9. The molecular formula is C26H25N3O2S. The molecular weight excluding hydrogens is 418 g/mol. The molecule has 0 aliphatic carbocycles. The van der Waals surface area contributed by atoms with Crippen LogP contribution in [0.3, 0.4) is 0 Å². The van der Waals surface area contributed by atoms with Gasteiger partial charge in [-0.1, -0.05) is 67.2 Å². The summed E-state index contributed by atoms with van der Waals surface area (Å²) in [5.41, 5.74) is 4.38. The van der Waals surface area contributed by atoms with Gasteiger partial charge >= 0.3 is 0 Å². The summed E-state index contributed by atoms with van der Waals surface area (Å²) in [5.74, 6) is 0.465. The molecule has 1 amide bonds. The number of anilines is 1. The van der Waals surface area contributed by atoms with Crippen LogP contribution >= 0.6 is 11.8 Å². The first-order valence-electron chi connectivity index (χ1n) is 10.7. The monoisotopic (exact) mass is 443 g/mol. The maximum atomic E-state index is 13.2. The number of fused-ring (bicyclic) bond motifs is 1. The summed E-state index contributed by atoms with van der Waals surface area (Å²) in [4.78, 5) is 30.6. The van der Waals surface area contributed by atoms with Crippen molar-refractivity contribution in [2.24, 2.45) is 0 Å². The van der Waals surface area contributed by atoms with E-state index in [2.05, 4.69) is 12.2 Å². The van der Waals surface area contributed by atoms with Crippen molar-refractivity contribution in [2.75, 3.05) is 11.1 Å². The third-order valence-corrected chi connectivity index (χ3v) is 6.26. The first kappa shape index (κ1) is 21.8. The van der Waals surface area contributed by atoms with Crippen molar-refractivity contribution in [3.63, 3.8) is 0 Å². The molecule has 1 N–H and O–H groups in total. The number of nitrogens with zero attached hydrogens (tertiary/aromatic N) is 2. The van der Waals surface area contributed by atoms with E-state index in [-0.39, 0.29) is 11.5 Å². The fourth-order valence-corrected chi connectivity index (χ4v) is 4.60. The van der Waals surface area contributed by atoms with Gasteiger partial charge in [-0.05, 0) is 48.7 Å². The van der Waals surface area contributed by atoms with Crippen molar-refractivity contribution < 1.29 is 4.79 Å². The van der Waals surface area contributed by atoms with Crippen LogP contribution in [0, 0.1) is 6.92 Å². The molecule has 162 valence electrons. The first-order valence-corrected chi connectivity index (χ1v) is 11.7. The number of rotatable bonds is 7. The van der Waals surface area contributed by atoms with E-state index in [4.69, 9.17) is 4.98 Å². The number of benzene rings is 3. The molecule has 1 heterocycles. The Kier molecular flexibility index (Phi) is 6.71. The van der Waals surface area contributed by atoms with Crippen LogP contribution in [0.5, 0.6) is 0 Å². The molecule has 0 aliphatic heterocycles. The van der Waals surface area contributed by atoms with Crippen molar-refractivity contribution >= 4 is 34.3 Å². The normalized spacial score (nSPS) is 10.9. The fraction of sp³-hybridized carbons (Fsp3) is 0.192. The Morgan fingerprint density at radius 3 is 2.53 bits per heavy atom. The van der Waals surface area contributed by atoms with Crippen LogP contribution < -0.4 is 10.9 Å². The minimum Gasteiger partial charge on any atom is -0.326 e. The summed E-state index contributed by atoms with van der Waals surface area (Å²) in [6.07, 6.45) is 1.18. The molecule has 5 nitrogen and oxygen atoms in total. The SMILES string of the molecule is CCc1cccc(C)c1NC(=O)CCSc1nc2ccccc2c(=O)n1-c1ccccc1. The number of aromatic nitrogens is 2. The largest absolute Gasteiger partial charge is 0.326 e. The number of nitrogens with one attached hydrogen (secondary N) is 1. The van der Waals surface area contributed by atoms with Gasteiger partial charge in [0.25, 0.3) is 5.56 Å². The Bertz CT molecular complexity index is 1320. The molecule has 0 fully saturated rings. The molecule has 0 bridgehead atoms. The van der Waals surface area contributed by atoms with Crippen molar-refractivity contribution in [3.8, 4) is 5.69 Å². The van der Waals surface area contributed by atoms with Gasteiger partial charge in [-0.25, -0.2) is 4.98 Å². The Morgan fingerprint density at radius 2 is 1.75 bits per heavy atom. The van der Waals surface area contributed by atoms with Gasteiger partial charge in [0, 0.05) is 17.9 Å². The summed E-state index contributed by atoms with van der Waals surface area (Å²) < 4.78 is 1.63. The lowest BCUT2D eigenvalue weighted by atomic mass is 10.1. The van der Waals surface area contributed by atoms with E-state index in [1.807, 2.05) is 73.7 Å². The second kappa shape index (κ2) is 9.83. The van der Waals surface area contributed by atoms with E-state index < -0.39 is 0 Å². The van der Waals surface area contributed by atoms with Gasteiger partial charge < -0.3 is 5.32 Å². The van der Waals surface area contributed by atoms with Crippen molar-refractivity contribution in [1.82, 2.24) is 9.55 Å². The highest BCUT2D eigenvalue weighted by atomic mass is 32.2. The number of carbonyl (C=O) groups is 1. The maximum Gasteiger partial charge on any atom is 0.266 e. The lowest BCUT2D eigenvalue weighted by Crippen LogP contribution is -2.22. The number of aryl methyl sites for hydroxylation is 2. The number of para-hydroxylation sites is 3. The third-order valence-electron chi connectivity index (χ3n) is 5.32. The number of carbonyl (C=O) groups excluding carboxylic acids is 1. The Labute approximate surface area is 191 Å². The van der Waals surface area contributed by atoms with Gasteiger partial charge in [-0.2, -0.15) is 0 Å². The van der Waals surface area contributed by atoms with Gasteiger partial charge in [0.05, 0.1) is 16.6 Å². The Hall–Kier alpha value is -3.38. The predicted molar refractivity (Wildman–Crippen MR) is 132 cm³/mol. The zero-order valence-corrected chi connectivity index (χ0v) is 19.0. The maximum absolute atomic E-state index is 13.2. The zero-order chi connectivity index (χ0) is 22.5. The average Bonchev–Trinajstić information content (AvgIpc) is 2.81. The van der Waals surface area contributed by atoms with Gasteiger partial charge in [0.2, 0.25) is 5.91 Å². The van der Waals surface area contributed by atoms with Crippen LogP contribution in [-0.4, -0.2) is 21.2 Å². The lowest BCUT2D eigenvalue weighted by molar-refractivity contribution is -0.115. The minimum atomic E-state index is -0.110. The van der Waals surface area contributed by atoms with Crippen molar-refractivity contribution in [1.29, 1.82) is 0 Å². The highest BCUT2D eigenvalue weighted by Crippen LogP contribution is 2.24. The van der Waals surface area contributed by atoms with Crippen molar-refractivity contribution in [2.45, 2.75) is 31.8 Å². The Balaban J connectivity index is 1.56. The van der Waals surface area contributed by atoms with Gasteiger partial charge in [-0.3, -0.25) is 14.2 Å². The third kappa shape index (κ3) is 4.60. The quantitative estimate of drug-likeness (QED) is 0.308. The second-order valence-electron chi connectivity index (χ2n) is 7.50. The van der Waals surface area contributed by atoms with Gasteiger partial charge in [0.15, 0.2) is 5.16 Å². The molecule has 4 rings (SSSR count). The number of hydrogen-bond acceptors (Lipinski definition) is 4. The summed E-state index contributed by atoms with van der Waals surface area (Å²) in [5, 5.41) is 4.22. The van der Waals surface area contributed by atoms with E-state index in [1.165, 1.54) is 11.8 Å².